The normalized spacial score (nSPS) is 42.3. The van der Waals surface area contributed by atoms with Crippen LogP contribution in [0.5, 0.6) is 0 Å². The molecule has 4 nitrogen and oxygen atoms in total. The van der Waals surface area contributed by atoms with E-state index in [0.29, 0.717) is 13.0 Å². The van der Waals surface area contributed by atoms with E-state index < -0.39 is 0 Å². The first-order chi connectivity index (χ1) is 7.22. The minimum absolute atomic E-state index is 0.0296. The molecule has 2 amide bonds. The number of hydrogen-bond acceptors (Lipinski definition) is 2. The van der Waals surface area contributed by atoms with Gasteiger partial charge in [-0.3, -0.25) is 9.59 Å². The highest BCUT2D eigenvalue weighted by Crippen LogP contribution is 2.54. The molecule has 0 spiro atoms. The zero-order valence-corrected chi connectivity index (χ0v) is 8.66. The third-order valence-electron chi connectivity index (χ3n) is 3.94. The molecule has 3 fully saturated rings. The maximum Gasteiger partial charge on any atom is 0.223 e. The minimum Gasteiger partial charge on any atom is -0.354 e. The predicted octanol–water partition coefficient (Wildman–Crippen LogP) is 0.0372. The molecule has 4 heteroatoms. The van der Waals surface area contributed by atoms with Gasteiger partial charge in [-0.2, -0.15) is 0 Å². The Hall–Kier alpha value is -1.06. The molecule has 2 aliphatic carbocycles. The number of nitrogens with one attached hydrogen (secondary N) is 2. The maximum absolute atomic E-state index is 11.8. The fraction of sp³-hybridized carbons (Fsp3) is 0.818. The first-order valence-electron chi connectivity index (χ1n) is 5.79. The van der Waals surface area contributed by atoms with Gasteiger partial charge >= 0.3 is 0 Å². The summed E-state index contributed by atoms with van der Waals surface area (Å²) in [6.45, 7) is 0.601. The SMILES string of the molecule is O=C1CC(NC(=O)C2CC3CC3C2)CN1. The Balaban J connectivity index is 1.50. The topological polar surface area (TPSA) is 58.2 Å². The molecule has 3 aliphatic rings. The van der Waals surface area contributed by atoms with E-state index in [2.05, 4.69) is 10.6 Å². The van der Waals surface area contributed by atoms with Crippen molar-refractivity contribution in [3.8, 4) is 0 Å². The molecule has 0 aromatic heterocycles. The second-order valence-corrected chi connectivity index (χ2v) is 5.14. The molecule has 0 aromatic carbocycles. The lowest BCUT2D eigenvalue weighted by Crippen LogP contribution is -2.39. The third kappa shape index (κ3) is 1.73. The molecule has 2 N–H and O–H groups in total. The highest BCUT2D eigenvalue weighted by Gasteiger charge is 2.48. The zero-order valence-electron chi connectivity index (χ0n) is 8.66. The van der Waals surface area contributed by atoms with Crippen LogP contribution in [0.4, 0.5) is 0 Å². The van der Waals surface area contributed by atoms with Gasteiger partial charge in [0.25, 0.3) is 0 Å². The van der Waals surface area contributed by atoms with E-state index in [1.165, 1.54) is 6.42 Å². The minimum atomic E-state index is 0.0296. The van der Waals surface area contributed by atoms with Crippen molar-refractivity contribution in [3.63, 3.8) is 0 Å². The third-order valence-corrected chi connectivity index (χ3v) is 3.94. The van der Waals surface area contributed by atoms with Crippen LogP contribution in [0.1, 0.15) is 25.7 Å². The van der Waals surface area contributed by atoms with E-state index >= 15 is 0 Å². The Kier molecular flexibility index (Phi) is 1.97. The van der Waals surface area contributed by atoms with E-state index in [0.717, 1.165) is 24.7 Å². The van der Waals surface area contributed by atoms with E-state index in [-0.39, 0.29) is 23.8 Å². The van der Waals surface area contributed by atoms with E-state index in [4.69, 9.17) is 0 Å². The van der Waals surface area contributed by atoms with Crippen molar-refractivity contribution in [1.29, 1.82) is 0 Å². The lowest BCUT2D eigenvalue weighted by molar-refractivity contribution is -0.125. The lowest BCUT2D eigenvalue weighted by atomic mass is 10.0. The second-order valence-electron chi connectivity index (χ2n) is 5.14. The fourth-order valence-corrected chi connectivity index (χ4v) is 2.96. The highest BCUT2D eigenvalue weighted by atomic mass is 16.2. The van der Waals surface area contributed by atoms with Crippen LogP contribution in [0.25, 0.3) is 0 Å². The fourth-order valence-electron chi connectivity index (χ4n) is 2.96. The molecule has 1 saturated heterocycles. The first-order valence-corrected chi connectivity index (χ1v) is 5.79. The molecule has 1 heterocycles. The number of amides is 2. The summed E-state index contributed by atoms with van der Waals surface area (Å²) in [5, 5.41) is 5.70. The van der Waals surface area contributed by atoms with Gasteiger partial charge in [-0.1, -0.05) is 0 Å². The van der Waals surface area contributed by atoms with Crippen molar-refractivity contribution in [2.45, 2.75) is 31.7 Å². The Labute approximate surface area is 88.8 Å². The van der Waals surface area contributed by atoms with Gasteiger partial charge in [0.05, 0.1) is 6.04 Å². The van der Waals surface area contributed by atoms with Gasteiger partial charge < -0.3 is 10.6 Å². The smallest absolute Gasteiger partial charge is 0.223 e. The van der Waals surface area contributed by atoms with E-state index in [9.17, 15) is 9.59 Å². The molecule has 3 unspecified atom stereocenters. The average Bonchev–Trinajstić information content (AvgIpc) is 2.61. The standard InChI is InChI=1S/C11H16N2O2/c14-10-4-9(5-12-10)13-11(15)8-2-6-1-7(6)3-8/h6-9H,1-5H2,(H,12,14)(H,13,15). The molecule has 1 aliphatic heterocycles. The molecule has 82 valence electrons. The van der Waals surface area contributed by atoms with Crippen molar-refractivity contribution in [2.24, 2.45) is 17.8 Å². The van der Waals surface area contributed by atoms with Gasteiger partial charge in [0.1, 0.15) is 0 Å². The maximum atomic E-state index is 11.8. The van der Waals surface area contributed by atoms with Gasteiger partial charge in [0.2, 0.25) is 11.8 Å². The van der Waals surface area contributed by atoms with Crippen molar-refractivity contribution in [1.82, 2.24) is 10.6 Å². The molecular weight excluding hydrogens is 192 g/mol. The summed E-state index contributed by atoms with van der Waals surface area (Å²) in [7, 11) is 0. The number of carbonyl (C=O) groups excluding carboxylic acids is 2. The molecule has 15 heavy (non-hydrogen) atoms. The molecule has 3 rings (SSSR count). The van der Waals surface area contributed by atoms with Crippen LogP contribution in [-0.4, -0.2) is 24.4 Å². The quantitative estimate of drug-likeness (QED) is 0.673. The van der Waals surface area contributed by atoms with Gasteiger partial charge in [-0.05, 0) is 31.1 Å². The highest BCUT2D eigenvalue weighted by molar-refractivity contribution is 5.83. The number of rotatable bonds is 2. The van der Waals surface area contributed by atoms with E-state index in [1.54, 1.807) is 0 Å². The monoisotopic (exact) mass is 208 g/mol. The molecule has 3 atom stereocenters. The van der Waals surface area contributed by atoms with E-state index in [1.807, 2.05) is 0 Å². The van der Waals surface area contributed by atoms with Crippen LogP contribution < -0.4 is 10.6 Å². The van der Waals surface area contributed by atoms with Crippen LogP contribution in [0.2, 0.25) is 0 Å². The van der Waals surface area contributed by atoms with Crippen LogP contribution in [-0.2, 0) is 9.59 Å². The van der Waals surface area contributed by atoms with Gasteiger partial charge in [-0.25, -0.2) is 0 Å². The zero-order chi connectivity index (χ0) is 10.4. The summed E-state index contributed by atoms with van der Waals surface area (Å²) < 4.78 is 0. The number of fused-ring (bicyclic) bond motifs is 1. The molecule has 0 aromatic rings. The van der Waals surface area contributed by atoms with Crippen molar-refractivity contribution in [2.75, 3.05) is 6.54 Å². The second kappa shape index (κ2) is 3.22. The summed E-state index contributed by atoms with van der Waals surface area (Å²) in [5.41, 5.74) is 0. The van der Waals surface area contributed by atoms with Gasteiger partial charge in [-0.15, -0.1) is 0 Å². The summed E-state index contributed by atoms with van der Waals surface area (Å²) >= 11 is 0. The van der Waals surface area contributed by atoms with Crippen LogP contribution in [0.3, 0.4) is 0 Å². The molecule has 2 saturated carbocycles. The summed E-state index contributed by atoms with van der Waals surface area (Å²) in [5.74, 6) is 2.12. The Bertz CT molecular complexity index is 306. The summed E-state index contributed by atoms with van der Waals surface area (Å²) in [6.07, 6.45) is 3.94. The van der Waals surface area contributed by atoms with Crippen LogP contribution in [0.15, 0.2) is 0 Å². The summed E-state index contributed by atoms with van der Waals surface area (Å²) in [4.78, 5) is 22.8. The largest absolute Gasteiger partial charge is 0.354 e. The Morgan fingerprint density at radius 1 is 1.27 bits per heavy atom. The van der Waals surface area contributed by atoms with Crippen molar-refractivity contribution >= 4 is 11.8 Å². The van der Waals surface area contributed by atoms with Crippen LogP contribution in [0, 0.1) is 17.8 Å². The van der Waals surface area contributed by atoms with Crippen molar-refractivity contribution < 1.29 is 9.59 Å². The number of hydrogen-bond donors (Lipinski definition) is 2. The van der Waals surface area contributed by atoms with Crippen LogP contribution >= 0.6 is 0 Å². The average molecular weight is 208 g/mol. The van der Waals surface area contributed by atoms with Crippen molar-refractivity contribution in [3.05, 3.63) is 0 Å². The lowest BCUT2D eigenvalue weighted by Gasteiger charge is -2.15. The van der Waals surface area contributed by atoms with Gasteiger partial charge in [0.15, 0.2) is 0 Å². The molecule has 0 bridgehead atoms. The number of carbonyl (C=O) groups is 2. The Morgan fingerprint density at radius 2 is 2.00 bits per heavy atom. The predicted molar refractivity (Wildman–Crippen MR) is 53.9 cm³/mol. The molecule has 0 radical (unpaired) electrons. The first kappa shape index (κ1) is 9.19. The summed E-state index contributed by atoms with van der Waals surface area (Å²) in [6, 6.07) is 0.0296. The Morgan fingerprint density at radius 3 is 2.60 bits per heavy atom. The molecular formula is C11H16N2O2. The van der Waals surface area contributed by atoms with Gasteiger partial charge in [0, 0.05) is 18.9 Å².